The molecule has 1 aromatic carbocycles. The fraction of sp³-hybridized carbons (Fsp3) is 0.375. The maximum absolute atomic E-state index is 12.1. The predicted octanol–water partition coefficient (Wildman–Crippen LogP) is 1.69. The van der Waals surface area contributed by atoms with Gasteiger partial charge in [0.1, 0.15) is 0 Å². The fourth-order valence-corrected chi connectivity index (χ4v) is 3.00. The van der Waals surface area contributed by atoms with Gasteiger partial charge in [-0.25, -0.2) is 0 Å². The van der Waals surface area contributed by atoms with Crippen LogP contribution in [0.1, 0.15) is 24.8 Å². The van der Waals surface area contributed by atoms with Crippen molar-refractivity contribution in [3.8, 4) is 0 Å². The molecule has 1 aliphatic carbocycles. The molecule has 1 aromatic heterocycles. The van der Waals surface area contributed by atoms with E-state index in [1.807, 2.05) is 24.3 Å². The molecule has 0 saturated heterocycles. The summed E-state index contributed by atoms with van der Waals surface area (Å²) in [6, 6.07) is 9.28. The molecule has 0 spiro atoms. The van der Waals surface area contributed by atoms with Crippen LogP contribution in [0.4, 0.5) is 0 Å². The van der Waals surface area contributed by atoms with E-state index in [0.29, 0.717) is 6.54 Å². The number of halogens is 1. The largest absolute Gasteiger partial charge is 0.352 e. The van der Waals surface area contributed by atoms with Gasteiger partial charge < -0.3 is 16.0 Å². The molecule has 2 unspecified atom stereocenters. The highest BCUT2D eigenvalue weighted by molar-refractivity contribution is 5.85. The van der Waals surface area contributed by atoms with Gasteiger partial charge in [-0.2, -0.15) is 0 Å². The van der Waals surface area contributed by atoms with Gasteiger partial charge in [0.05, 0.1) is 0 Å². The summed E-state index contributed by atoms with van der Waals surface area (Å²) in [5, 5.41) is 3.89. The lowest BCUT2D eigenvalue weighted by molar-refractivity contribution is -0.125. The molecule has 0 aliphatic heterocycles. The second kappa shape index (κ2) is 6.94. The Labute approximate surface area is 134 Å². The van der Waals surface area contributed by atoms with Crippen molar-refractivity contribution >= 4 is 29.2 Å². The third-order valence-corrected chi connectivity index (χ3v) is 4.13. The number of aromatic amines is 1. The van der Waals surface area contributed by atoms with E-state index in [1.165, 1.54) is 0 Å². The zero-order valence-corrected chi connectivity index (χ0v) is 13.0. The molecular weight excluding hydrogens is 302 g/mol. The number of nitrogens with one attached hydrogen (secondary N) is 2. The van der Waals surface area contributed by atoms with E-state index in [2.05, 4.69) is 10.3 Å². The Hall–Kier alpha value is -1.85. The zero-order valence-electron chi connectivity index (χ0n) is 12.2. The van der Waals surface area contributed by atoms with Crippen LogP contribution in [-0.4, -0.2) is 16.9 Å². The Kier molecular flexibility index (Phi) is 5.21. The van der Waals surface area contributed by atoms with Gasteiger partial charge in [-0.1, -0.05) is 18.2 Å². The van der Waals surface area contributed by atoms with Crippen LogP contribution in [0.25, 0.3) is 10.9 Å². The number of fused-ring (bicyclic) bond motifs is 1. The number of para-hydroxylation sites is 1. The van der Waals surface area contributed by atoms with Crippen LogP contribution in [0.2, 0.25) is 0 Å². The summed E-state index contributed by atoms with van der Waals surface area (Å²) in [7, 11) is 0. The first-order chi connectivity index (χ1) is 10.1. The summed E-state index contributed by atoms with van der Waals surface area (Å²) in [6.45, 7) is 0.370. The highest BCUT2D eigenvalue weighted by Gasteiger charge is 2.27. The van der Waals surface area contributed by atoms with E-state index in [1.54, 1.807) is 6.07 Å². The summed E-state index contributed by atoms with van der Waals surface area (Å²) in [6.07, 6.45) is 2.51. The lowest BCUT2D eigenvalue weighted by Gasteiger charge is -2.12. The average molecular weight is 322 g/mol. The monoisotopic (exact) mass is 321 g/mol. The van der Waals surface area contributed by atoms with Gasteiger partial charge in [0.2, 0.25) is 11.5 Å². The van der Waals surface area contributed by atoms with Gasteiger partial charge in [-0.3, -0.25) is 9.59 Å². The zero-order chi connectivity index (χ0) is 14.8. The smallest absolute Gasteiger partial charge is 0.248 e. The number of amides is 1. The molecular formula is C16H20ClN3O2. The first-order valence-corrected chi connectivity index (χ1v) is 7.28. The maximum atomic E-state index is 12.1. The molecule has 1 heterocycles. The van der Waals surface area contributed by atoms with Crippen LogP contribution in [0.5, 0.6) is 0 Å². The number of aromatic nitrogens is 1. The first kappa shape index (κ1) is 16.5. The minimum absolute atomic E-state index is 0. The molecule has 6 heteroatoms. The van der Waals surface area contributed by atoms with E-state index >= 15 is 0 Å². The SMILES string of the molecule is Cl.NC1CCC(C(=O)NCc2cc(=O)[nH]c3ccccc23)C1. The molecule has 0 radical (unpaired) electrons. The topological polar surface area (TPSA) is 88.0 Å². The van der Waals surface area contributed by atoms with Crippen LogP contribution in [-0.2, 0) is 11.3 Å². The summed E-state index contributed by atoms with van der Waals surface area (Å²) < 4.78 is 0. The lowest BCUT2D eigenvalue weighted by atomic mass is 10.1. The number of hydrogen-bond acceptors (Lipinski definition) is 3. The van der Waals surface area contributed by atoms with Crippen LogP contribution in [0.15, 0.2) is 35.1 Å². The van der Waals surface area contributed by atoms with E-state index in [-0.39, 0.29) is 35.8 Å². The lowest BCUT2D eigenvalue weighted by Crippen LogP contribution is -2.30. The summed E-state index contributed by atoms with van der Waals surface area (Å²) in [5.74, 6) is 0.0422. The van der Waals surface area contributed by atoms with Crippen molar-refractivity contribution in [2.45, 2.75) is 31.8 Å². The van der Waals surface area contributed by atoms with Crippen LogP contribution in [0.3, 0.4) is 0 Å². The fourth-order valence-electron chi connectivity index (χ4n) is 3.00. The minimum Gasteiger partial charge on any atom is -0.352 e. The van der Waals surface area contributed by atoms with Gasteiger partial charge in [0, 0.05) is 35.5 Å². The Morgan fingerprint density at radius 2 is 2.09 bits per heavy atom. The van der Waals surface area contributed by atoms with Crippen LogP contribution < -0.4 is 16.6 Å². The van der Waals surface area contributed by atoms with Crippen molar-refractivity contribution in [1.29, 1.82) is 0 Å². The van der Waals surface area contributed by atoms with E-state index < -0.39 is 0 Å². The van der Waals surface area contributed by atoms with Gasteiger partial charge in [-0.15, -0.1) is 12.4 Å². The Bertz CT molecular complexity index is 729. The molecule has 1 aliphatic rings. The normalized spacial score (nSPS) is 20.6. The molecule has 1 fully saturated rings. The summed E-state index contributed by atoms with van der Waals surface area (Å²) in [5.41, 5.74) is 7.31. The minimum atomic E-state index is -0.152. The third kappa shape index (κ3) is 3.48. The quantitative estimate of drug-likeness (QED) is 0.804. The number of pyridine rings is 1. The molecule has 5 nitrogen and oxygen atoms in total. The van der Waals surface area contributed by atoms with Crippen molar-refractivity contribution in [2.24, 2.45) is 11.7 Å². The van der Waals surface area contributed by atoms with Gasteiger partial charge in [-0.05, 0) is 30.9 Å². The van der Waals surface area contributed by atoms with Crippen molar-refractivity contribution in [2.75, 3.05) is 0 Å². The highest BCUT2D eigenvalue weighted by Crippen LogP contribution is 2.24. The van der Waals surface area contributed by atoms with Gasteiger partial charge in [0.25, 0.3) is 0 Å². The van der Waals surface area contributed by atoms with E-state index in [9.17, 15) is 9.59 Å². The number of carbonyl (C=O) groups is 1. The van der Waals surface area contributed by atoms with Crippen molar-refractivity contribution in [3.63, 3.8) is 0 Å². The van der Waals surface area contributed by atoms with E-state index in [4.69, 9.17) is 5.73 Å². The molecule has 2 atom stereocenters. The molecule has 4 N–H and O–H groups in total. The summed E-state index contributed by atoms with van der Waals surface area (Å²) >= 11 is 0. The highest BCUT2D eigenvalue weighted by atomic mass is 35.5. The second-order valence-corrected chi connectivity index (χ2v) is 5.69. The maximum Gasteiger partial charge on any atom is 0.248 e. The molecule has 3 rings (SSSR count). The van der Waals surface area contributed by atoms with Crippen LogP contribution >= 0.6 is 12.4 Å². The standard InChI is InChI=1S/C16H19N3O2.ClH/c17-12-6-5-10(7-12)16(21)18-9-11-8-15(20)19-14-4-2-1-3-13(11)14;/h1-4,8,10,12H,5-7,9,17H2,(H,18,21)(H,19,20);1H. The molecule has 2 aromatic rings. The van der Waals surface area contributed by atoms with Gasteiger partial charge >= 0.3 is 0 Å². The number of nitrogens with two attached hydrogens (primary N) is 1. The molecule has 1 saturated carbocycles. The van der Waals surface area contributed by atoms with Crippen LogP contribution in [0, 0.1) is 5.92 Å². The number of benzene rings is 1. The molecule has 118 valence electrons. The third-order valence-electron chi connectivity index (χ3n) is 4.13. The average Bonchev–Trinajstić information content (AvgIpc) is 2.91. The van der Waals surface area contributed by atoms with Crippen molar-refractivity contribution in [3.05, 3.63) is 46.2 Å². The van der Waals surface area contributed by atoms with Crippen molar-refractivity contribution < 1.29 is 4.79 Å². The van der Waals surface area contributed by atoms with Gasteiger partial charge in [0.15, 0.2) is 0 Å². The molecule has 1 amide bonds. The van der Waals surface area contributed by atoms with Crippen molar-refractivity contribution in [1.82, 2.24) is 10.3 Å². The van der Waals surface area contributed by atoms with E-state index in [0.717, 1.165) is 35.7 Å². The predicted molar refractivity (Wildman–Crippen MR) is 89.0 cm³/mol. The number of hydrogen-bond donors (Lipinski definition) is 3. The molecule has 22 heavy (non-hydrogen) atoms. The summed E-state index contributed by atoms with van der Waals surface area (Å²) in [4.78, 5) is 26.6. The Balaban J connectivity index is 0.00000176. The second-order valence-electron chi connectivity index (χ2n) is 5.69. The number of H-pyrrole nitrogens is 1. The number of carbonyl (C=O) groups excluding carboxylic acids is 1. The number of rotatable bonds is 3. The Morgan fingerprint density at radius 1 is 1.32 bits per heavy atom. The first-order valence-electron chi connectivity index (χ1n) is 7.28. The Morgan fingerprint density at radius 3 is 2.82 bits per heavy atom. The molecule has 0 bridgehead atoms.